The summed E-state index contributed by atoms with van der Waals surface area (Å²) in [5.74, 6) is 5.20. The fourth-order valence-corrected chi connectivity index (χ4v) is 1.54. The van der Waals surface area contributed by atoms with Crippen LogP contribution >= 0.6 is 0 Å². The third-order valence-electron chi connectivity index (χ3n) is 2.46. The molecule has 82 valence electrons. The first kappa shape index (κ1) is 11.9. The highest BCUT2D eigenvalue weighted by Crippen LogP contribution is 2.13. The van der Waals surface area contributed by atoms with Gasteiger partial charge < -0.3 is 0 Å². The van der Waals surface area contributed by atoms with Crippen molar-refractivity contribution in [3.8, 4) is 0 Å². The van der Waals surface area contributed by atoms with Gasteiger partial charge in [0.1, 0.15) is 5.82 Å². The molecule has 3 N–H and O–H groups in total. The molecule has 0 amide bonds. The van der Waals surface area contributed by atoms with Gasteiger partial charge in [0.05, 0.1) is 0 Å². The van der Waals surface area contributed by atoms with Gasteiger partial charge in [-0.25, -0.2) is 4.39 Å². The molecular weight excluding hydrogens is 191 g/mol. The van der Waals surface area contributed by atoms with Crippen LogP contribution in [0, 0.1) is 12.7 Å². The fraction of sp³-hybridized carbons (Fsp3) is 0.333. The van der Waals surface area contributed by atoms with Crippen LogP contribution in [0.4, 0.5) is 4.39 Å². The van der Waals surface area contributed by atoms with Crippen LogP contribution in [0.15, 0.2) is 30.9 Å². The number of nitrogens with two attached hydrogens (primary N) is 1. The van der Waals surface area contributed by atoms with Gasteiger partial charge in [-0.1, -0.05) is 12.1 Å². The highest BCUT2D eigenvalue weighted by atomic mass is 19.1. The van der Waals surface area contributed by atoms with E-state index >= 15 is 0 Å². The lowest BCUT2D eigenvalue weighted by atomic mass is 9.99. The molecule has 0 aliphatic rings. The third kappa shape index (κ3) is 3.46. The first-order valence-electron chi connectivity index (χ1n) is 4.99. The van der Waals surface area contributed by atoms with E-state index in [9.17, 15) is 4.39 Å². The molecule has 0 radical (unpaired) electrons. The zero-order valence-electron chi connectivity index (χ0n) is 8.96. The summed E-state index contributed by atoms with van der Waals surface area (Å²) in [7, 11) is 0. The van der Waals surface area contributed by atoms with Gasteiger partial charge in [-0.15, -0.1) is 6.58 Å². The van der Waals surface area contributed by atoms with E-state index in [-0.39, 0.29) is 11.9 Å². The van der Waals surface area contributed by atoms with Crippen molar-refractivity contribution < 1.29 is 4.39 Å². The highest BCUT2D eigenvalue weighted by molar-refractivity contribution is 5.27. The Morgan fingerprint density at radius 2 is 2.33 bits per heavy atom. The van der Waals surface area contributed by atoms with Crippen molar-refractivity contribution in [3.63, 3.8) is 0 Å². The Kier molecular flexibility index (Phi) is 4.46. The molecule has 0 saturated carbocycles. The molecular formula is C12H17FN2. The topological polar surface area (TPSA) is 38.0 Å². The quantitative estimate of drug-likeness (QED) is 0.442. The zero-order chi connectivity index (χ0) is 11.3. The van der Waals surface area contributed by atoms with Crippen LogP contribution in [0.2, 0.25) is 0 Å². The number of benzene rings is 1. The molecule has 1 aromatic rings. The first-order valence-corrected chi connectivity index (χ1v) is 4.99. The lowest BCUT2D eigenvalue weighted by molar-refractivity contribution is 0.527. The minimum Gasteiger partial charge on any atom is -0.271 e. The van der Waals surface area contributed by atoms with Gasteiger partial charge in [0.25, 0.3) is 0 Å². The zero-order valence-corrected chi connectivity index (χ0v) is 8.96. The average molecular weight is 208 g/mol. The fourth-order valence-electron chi connectivity index (χ4n) is 1.54. The van der Waals surface area contributed by atoms with Crippen LogP contribution < -0.4 is 11.3 Å². The van der Waals surface area contributed by atoms with Crippen LogP contribution in [0.1, 0.15) is 17.5 Å². The summed E-state index contributed by atoms with van der Waals surface area (Å²) in [6, 6.07) is 4.93. The van der Waals surface area contributed by atoms with E-state index in [1.165, 1.54) is 6.07 Å². The van der Waals surface area contributed by atoms with Gasteiger partial charge in [-0.3, -0.25) is 11.3 Å². The summed E-state index contributed by atoms with van der Waals surface area (Å²) in [6.07, 6.45) is 3.29. The highest BCUT2D eigenvalue weighted by Gasteiger charge is 2.08. The number of aryl methyl sites for hydroxylation is 1. The molecule has 15 heavy (non-hydrogen) atoms. The predicted octanol–water partition coefficient (Wildman–Crippen LogP) is 2.08. The number of hydrazine groups is 1. The molecule has 0 fully saturated rings. The average Bonchev–Trinajstić information content (AvgIpc) is 2.22. The van der Waals surface area contributed by atoms with E-state index in [0.29, 0.717) is 6.42 Å². The van der Waals surface area contributed by atoms with Crippen LogP contribution in [-0.4, -0.2) is 6.04 Å². The summed E-state index contributed by atoms with van der Waals surface area (Å²) >= 11 is 0. The maximum absolute atomic E-state index is 13.0. The molecule has 0 spiro atoms. The lowest BCUT2D eigenvalue weighted by Gasteiger charge is -2.15. The third-order valence-corrected chi connectivity index (χ3v) is 2.46. The van der Waals surface area contributed by atoms with Crippen LogP contribution in [0.3, 0.4) is 0 Å². The Morgan fingerprint density at radius 3 is 2.93 bits per heavy atom. The lowest BCUT2D eigenvalue weighted by Crippen LogP contribution is -2.36. The second-order valence-electron chi connectivity index (χ2n) is 3.66. The minimum absolute atomic E-state index is 0.114. The van der Waals surface area contributed by atoms with E-state index in [0.717, 1.165) is 17.5 Å². The van der Waals surface area contributed by atoms with E-state index in [1.54, 1.807) is 18.2 Å². The van der Waals surface area contributed by atoms with Crippen molar-refractivity contribution in [2.75, 3.05) is 0 Å². The number of hydrogen-bond acceptors (Lipinski definition) is 2. The Balaban J connectivity index is 2.77. The maximum Gasteiger partial charge on any atom is 0.123 e. The number of rotatable bonds is 5. The monoisotopic (exact) mass is 208 g/mol. The van der Waals surface area contributed by atoms with Crippen molar-refractivity contribution in [2.24, 2.45) is 5.84 Å². The Hall–Kier alpha value is -1.19. The minimum atomic E-state index is -0.204. The van der Waals surface area contributed by atoms with Gasteiger partial charge in [0.2, 0.25) is 0 Å². The normalized spacial score (nSPS) is 12.5. The number of hydrogen-bond donors (Lipinski definition) is 2. The molecule has 0 aliphatic carbocycles. The summed E-state index contributed by atoms with van der Waals surface area (Å²) in [5.41, 5.74) is 4.77. The Labute approximate surface area is 90.0 Å². The predicted molar refractivity (Wildman–Crippen MR) is 60.8 cm³/mol. The van der Waals surface area contributed by atoms with Gasteiger partial charge in [0, 0.05) is 6.04 Å². The second-order valence-corrected chi connectivity index (χ2v) is 3.66. The number of nitrogens with one attached hydrogen (secondary N) is 1. The van der Waals surface area contributed by atoms with Gasteiger partial charge in [-0.05, 0) is 43.0 Å². The Bertz CT molecular complexity index is 336. The standard InChI is InChI=1S/C12H17FN2/c1-3-4-12(15-14)8-10-7-11(13)6-5-9(10)2/h3,5-7,12,15H,1,4,8,14H2,2H3. The molecule has 1 atom stereocenters. The molecule has 0 bridgehead atoms. The summed E-state index contributed by atoms with van der Waals surface area (Å²) < 4.78 is 13.0. The van der Waals surface area contributed by atoms with E-state index in [2.05, 4.69) is 12.0 Å². The van der Waals surface area contributed by atoms with E-state index in [4.69, 9.17) is 5.84 Å². The molecule has 0 aromatic heterocycles. The summed E-state index contributed by atoms with van der Waals surface area (Å²) in [6.45, 7) is 5.63. The Morgan fingerprint density at radius 1 is 1.60 bits per heavy atom. The smallest absolute Gasteiger partial charge is 0.123 e. The molecule has 1 rings (SSSR count). The van der Waals surface area contributed by atoms with Gasteiger partial charge in [0.15, 0.2) is 0 Å². The van der Waals surface area contributed by atoms with Crippen LogP contribution in [0.25, 0.3) is 0 Å². The van der Waals surface area contributed by atoms with Crippen molar-refractivity contribution in [1.82, 2.24) is 5.43 Å². The molecule has 0 heterocycles. The van der Waals surface area contributed by atoms with Crippen LogP contribution in [0.5, 0.6) is 0 Å². The molecule has 1 aromatic carbocycles. The maximum atomic E-state index is 13.0. The van der Waals surface area contributed by atoms with Crippen molar-refractivity contribution in [3.05, 3.63) is 47.8 Å². The number of halogens is 1. The molecule has 1 unspecified atom stereocenters. The molecule has 2 nitrogen and oxygen atoms in total. The van der Waals surface area contributed by atoms with Crippen LogP contribution in [-0.2, 0) is 6.42 Å². The SMILES string of the molecule is C=CCC(Cc1cc(F)ccc1C)NN. The second kappa shape index (κ2) is 5.63. The first-order chi connectivity index (χ1) is 7.17. The van der Waals surface area contributed by atoms with Crippen molar-refractivity contribution >= 4 is 0 Å². The van der Waals surface area contributed by atoms with Gasteiger partial charge in [-0.2, -0.15) is 0 Å². The molecule has 0 saturated heterocycles. The van der Waals surface area contributed by atoms with E-state index in [1.807, 2.05) is 6.92 Å². The largest absolute Gasteiger partial charge is 0.271 e. The van der Waals surface area contributed by atoms with Gasteiger partial charge >= 0.3 is 0 Å². The van der Waals surface area contributed by atoms with Crippen molar-refractivity contribution in [1.29, 1.82) is 0 Å². The summed E-state index contributed by atoms with van der Waals surface area (Å²) in [4.78, 5) is 0. The molecule has 3 heteroatoms. The molecule has 0 aliphatic heterocycles. The van der Waals surface area contributed by atoms with Crippen molar-refractivity contribution in [2.45, 2.75) is 25.8 Å². The van der Waals surface area contributed by atoms with E-state index < -0.39 is 0 Å². The summed E-state index contributed by atoms with van der Waals surface area (Å²) in [5, 5.41) is 0.